The second-order valence-corrected chi connectivity index (χ2v) is 4.03. The smallest absolute Gasteiger partial charge is 0.226 e. The third-order valence-corrected chi connectivity index (χ3v) is 2.10. The fraction of sp³-hybridized carbons (Fsp3) is 0.700. The van der Waals surface area contributed by atoms with Gasteiger partial charge in [0, 0.05) is 26.0 Å². The lowest BCUT2D eigenvalue weighted by Crippen LogP contribution is -2.42. The maximum Gasteiger partial charge on any atom is 0.226 e. The van der Waals surface area contributed by atoms with Crippen LogP contribution in [0.4, 0.5) is 0 Å². The van der Waals surface area contributed by atoms with E-state index in [0.29, 0.717) is 12.4 Å². The molecule has 0 heterocycles. The number of nitrogens with one attached hydrogen (secondary N) is 2. The van der Waals surface area contributed by atoms with Crippen LogP contribution < -0.4 is 10.6 Å². The van der Waals surface area contributed by atoms with Crippen LogP contribution in [0.1, 0.15) is 13.8 Å². The molecule has 0 aromatic rings. The van der Waals surface area contributed by atoms with E-state index in [2.05, 4.69) is 10.6 Å². The van der Waals surface area contributed by atoms with Gasteiger partial charge in [-0.25, -0.2) is 0 Å². The predicted molar refractivity (Wildman–Crippen MR) is 60.6 cm³/mol. The quantitative estimate of drug-likeness (QED) is 0.399. The van der Waals surface area contributed by atoms with Gasteiger partial charge in [0.25, 0.3) is 0 Å². The van der Waals surface area contributed by atoms with E-state index in [0.717, 1.165) is 6.54 Å². The van der Waals surface area contributed by atoms with Crippen molar-refractivity contribution in [2.24, 2.45) is 5.41 Å². The molecule has 2 N–H and O–H groups in total. The van der Waals surface area contributed by atoms with Gasteiger partial charge in [-0.15, -0.1) is 11.6 Å². The van der Waals surface area contributed by atoms with Crippen molar-refractivity contribution in [1.29, 1.82) is 0 Å². The summed E-state index contributed by atoms with van der Waals surface area (Å²) < 4.78 is 0. The molecular formula is C10H19ClN2O. The van der Waals surface area contributed by atoms with Crippen molar-refractivity contribution in [3.8, 4) is 0 Å². The third kappa shape index (κ3) is 5.25. The highest BCUT2D eigenvalue weighted by molar-refractivity contribution is 6.18. The van der Waals surface area contributed by atoms with E-state index < -0.39 is 0 Å². The van der Waals surface area contributed by atoms with Gasteiger partial charge in [0.15, 0.2) is 0 Å². The largest absolute Gasteiger partial charge is 0.359 e. The van der Waals surface area contributed by atoms with E-state index in [4.69, 9.17) is 11.6 Å². The van der Waals surface area contributed by atoms with Crippen LogP contribution in [0.3, 0.4) is 0 Å². The first-order valence-corrected chi connectivity index (χ1v) is 5.22. The number of rotatable bonds is 6. The van der Waals surface area contributed by atoms with Crippen LogP contribution in [0, 0.1) is 5.41 Å². The van der Waals surface area contributed by atoms with Crippen LogP contribution in [-0.2, 0) is 4.79 Å². The monoisotopic (exact) mass is 218 g/mol. The van der Waals surface area contributed by atoms with E-state index in [9.17, 15) is 4.79 Å². The zero-order chi connectivity index (χ0) is 11.0. The Hall–Kier alpha value is -0.540. The number of allylic oxidation sites excluding steroid dienone is 1. The molecule has 3 nitrogen and oxygen atoms in total. The summed E-state index contributed by atoms with van der Waals surface area (Å²) in [6, 6.07) is 0. The summed E-state index contributed by atoms with van der Waals surface area (Å²) in [6.45, 7) is 5.21. The molecular weight excluding hydrogens is 200 g/mol. The summed E-state index contributed by atoms with van der Waals surface area (Å²) in [4.78, 5) is 11.4. The molecule has 82 valence electrons. The lowest BCUT2D eigenvalue weighted by Gasteiger charge is -2.22. The van der Waals surface area contributed by atoms with E-state index in [1.54, 1.807) is 7.05 Å². The molecule has 0 aliphatic heterocycles. The minimum atomic E-state index is -0.371. The van der Waals surface area contributed by atoms with Crippen molar-refractivity contribution in [2.45, 2.75) is 13.8 Å². The first-order valence-electron chi connectivity index (χ1n) is 4.68. The number of carbonyl (C=O) groups excluding carboxylic acids is 1. The molecule has 0 saturated heterocycles. The second kappa shape index (κ2) is 6.85. The second-order valence-electron chi connectivity index (χ2n) is 3.72. The minimum absolute atomic E-state index is 0.0475. The highest BCUT2D eigenvalue weighted by Crippen LogP contribution is 2.12. The molecule has 0 spiro atoms. The molecule has 1 amide bonds. The molecule has 0 saturated carbocycles. The molecule has 0 radical (unpaired) electrons. The predicted octanol–water partition coefficient (Wildman–Crippen LogP) is 1.14. The van der Waals surface area contributed by atoms with Crippen molar-refractivity contribution in [3.05, 3.63) is 12.2 Å². The van der Waals surface area contributed by atoms with Crippen LogP contribution in [0.25, 0.3) is 0 Å². The number of halogens is 1. The normalized spacial score (nSPS) is 12.0. The number of carbonyl (C=O) groups is 1. The summed E-state index contributed by atoms with van der Waals surface area (Å²) >= 11 is 5.46. The Balaban J connectivity index is 3.76. The first kappa shape index (κ1) is 13.5. The van der Waals surface area contributed by atoms with Crippen LogP contribution in [0.5, 0.6) is 0 Å². The van der Waals surface area contributed by atoms with Gasteiger partial charge in [0.2, 0.25) is 5.91 Å². The molecule has 0 aliphatic carbocycles. The van der Waals surface area contributed by atoms with Crippen LogP contribution in [0.15, 0.2) is 12.2 Å². The minimum Gasteiger partial charge on any atom is -0.359 e. The number of hydrogen-bond donors (Lipinski definition) is 2. The van der Waals surface area contributed by atoms with Crippen molar-refractivity contribution < 1.29 is 4.79 Å². The molecule has 0 fully saturated rings. The average molecular weight is 219 g/mol. The third-order valence-electron chi connectivity index (χ3n) is 1.93. The van der Waals surface area contributed by atoms with Crippen molar-refractivity contribution in [2.75, 3.05) is 26.0 Å². The Kier molecular flexibility index (Phi) is 6.58. The van der Waals surface area contributed by atoms with Gasteiger partial charge in [-0.05, 0) is 13.8 Å². The van der Waals surface area contributed by atoms with Crippen LogP contribution >= 0.6 is 11.6 Å². The van der Waals surface area contributed by atoms with Crippen LogP contribution in [-0.4, -0.2) is 31.9 Å². The zero-order valence-electron chi connectivity index (χ0n) is 9.06. The lowest BCUT2D eigenvalue weighted by molar-refractivity contribution is -0.128. The standard InChI is InChI=1S/C10H19ClN2O/c1-10(2,9(14)12-3)8-13-7-5-4-6-11/h4-5,13H,6-8H2,1-3H3,(H,12,14)/b5-4+. The van der Waals surface area contributed by atoms with Crippen molar-refractivity contribution in [3.63, 3.8) is 0 Å². The zero-order valence-corrected chi connectivity index (χ0v) is 9.82. The summed E-state index contributed by atoms with van der Waals surface area (Å²) in [7, 11) is 1.65. The SMILES string of the molecule is CNC(=O)C(C)(C)CNC/C=C/CCl. The van der Waals surface area contributed by atoms with E-state index in [1.807, 2.05) is 26.0 Å². The summed E-state index contributed by atoms with van der Waals surface area (Å²) in [5.41, 5.74) is -0.371. The van der Waals surface area contributed by atoms with Gasteiger partial charge in [-0.2, -0.15) is 0 Å². The maximum atomic E-state index is 11.4. The molecule has 0 bridgehead atoms. The highest BCUT2D eigenvalue weighted by Gasteiger charge is 2.25. The van der Waals surface area contributed by atoms with Gasteiger partial charge in [0.05, 0.1) is 5.41 Å². The van der Waals surface area contributed by atoms with Gasteiger partial charge < -0.3 is 10.6 Å². The van der Waals surface area contributed by atoms with Gasteiger partial charge in [-0.3, -0.25) is 4.79 Å². The van der Waals surface area contributed by atoms with E-state index in [1.165, 1.54) is 0 Å². The topological polar surface area (TPSA) is 41.1 Å². The van der Waals surface area contributed by atoms with Crippen molar-refractivity contribution >= 4 is 17.5 Å². The number of hydrogen-bond acceptors (Lipinski definition) is 2. The van der Waals surface area contributed by atoms with E-state index >= 15 is 0 Å². The van der Waals surface area contributed by atoms with E-state index in [-0.39, 0.29) is 11.3 Å². The Bertz CT molecular complexity index is 202. The molecule has 0 unspecified atom stereocenters. The molecule has 4 heteroatoms. The van der Waals surface area contributed by atoms with Gasteiger partial charge in [-0.1, -0.05) is 12.2 Å². The highest BCUT2D eigenvalue weighted by atomic mass is 35.5. The Labute approximate surface area is 90.9 Å². The fourth-order valence-corrected chi connectivity index (χ4v) is 1.16. The van der Waals surface area contributed by atoms with Crippen LogP contribution in [0.2, 0.25) is 0 Å². The Morgan fingerprint density at radius 3 is 2.57 bits per heavy atom. The molecule has 0 aliphatic rings. The molecule has 0 rings (SSSR count). The number of amides is 1. The lowest BCUT2D eigenvalue weighted by atomic mass is 9.92. The Morgan fingerprint density at radius 2 is 2.07 bits per heavy atom. The summed E-state index contributed by atoms with van der Waals surface area (Å²) in [5, 5.41) is 5.81. The van der Waals surface area contributed by atoms with Gasteiger partial charge in [0.1, 0.15) is 0 Å². The molecule has 0 aromatic heterocycles. The summed E-state index contributed by atoms with van der Waals surface area (Å²) in [6.07, 6.45) is 3.83. The number of alkyl halides is 1. The van der Waals surface area contributed by atoms with Crippen molar-refractivity contribution in [1.82, 2.24) is 10.6 Å². The summed E-state index contributed by atoms with van der Waals surface area (Å²) in [5.74, 6) is 0.576. The molecule has 14 heavy (non-hydrogen) atoms. The average Bonchev–Trinajstić information content (AvgIpc) is 2.16. The molecule has 0 aromatic carbocycles. The molecule has 0 atom stereocenters. The maximum absolute atomic E-state index is 11.4. The fourth-order valence-electron chi connectivity index (χ4n) is 1.03. The van der Waals surface area contributed by atoms with Gasteiger partial charge >= 0.3 is 0 Å². The first-order chi connectivity index (χ1) is 6.54. The Morgan fingerprint density at radius 1 is 1.43 bits per heavy atom.